The Morgan fingerprint density at radius 3 is 2.49 bits per heavy atom. The number of aryl methyl sites for hydroxylation is 2. The molecule has 2 heterocycles. The van der Waals surface area contributed by atoms with Gasteiger partial charge in [0.15, 0.2) is 17.0 Å². The third kappa shape index (κ3) is 5.38. The summed E-state index contributed by atoms with van der Waals surface area (Å²) in [5, 5.41) is 15.4. The zero-order valence-electron chi connectivity index (χ0n) is 20.6. The standard InChI is InChI=1S/C27H32N4O4/c1-17-25-27(33)29-24(16-20-13-14-22(34-3)23(15-20)35-4)30-31(25)26(28-17)21(18(2)32)12-8-11-19-9-6-5-7-10-19/h5-7,9-10,13-15,18,21,32H,8,11-12,16H2,1-4H3,(H,29,30,33)/t18-,21-/m0/s1. The zero-order chi connectivity index (χ0) is 24.9. The van der Waals surface area contributed by atoms with E-state index in [0.29, 0.717) is 40.8 Å². The Labute approximate surface area is 204 Å². The lowest BCUT2D eigenvalue weighted by atomic mass is 9.94. The van der Waals surface area contributed by atoms with E-state index in [4.69, 9.17) is 14.6 Å². The molecule has 0 unspecified atom stereocenters. The summed E-state index contributed by atoms with van der Waals surface area (Å²) in [6.45, 7) is 3.56. The third-order valence-electron chi connectivity index (χ3n) is 6.30. The summed E-state index contributed by atoms with van der Waals surface area (Å²) in [5.74, 6) is 2.11. The highest BCUT2D eigenvalue weighted by molar-refractivity contribution is 5.50. The predicted octanol–water partition coefficient (Wildman–Crippen LogP) is 3.82. The molecular weight excluding hydrogens is 444 g/mol. The molecule has 2 atom stereocenters. The number of aromatic nitrogens is 4. The summed E-state index contributed by atoms with van der Waals surface area (Å²) in [4.78, 5) is 20.5. The van der Waals surface area contributed by atoms with Gasteiger partial charge in [-0.1, -0.05) is 36.4 Å². The molecule has 2 aromatic carbocycles. The lowest BCUT2D eigenvalue weighted by molar-refractivity contribution is 0.151. The van der Waals surface area contributed by atoms with Crippen molar-refractivity contribution in [3.05, 3.63) is 87.4 Å². The Bertz CT molecular complexity index is 1340. The minimum Gasteiger partial charge on any atom is -0.493 e. The number of hydrogen-bond acceptors (Lipinski definition) is 6. The maximum atomic E-state index is 13.0. The maximum absolute atomic E-state index is 13.0. The SMILES string of the molecule is COc1ccc(Cc2nn3c([C@@H](CCCc4ccccc4)[C@H](C)O)nc(C)c3c(=O)[nH]2)cc1OC. The molecule has 0 radical (unpaired) electrons. The van der Waals surface area contributed by atoms with E-state index in [1.54, 1.807) is 32.6 Å². The van der Waals surface area contributed by atoms with Crippen molar-refractivity contribution in [3.8, 4) is 11.5 Å². The van der Waals surface area contributed by atoms with Crippen molar-refractivity contribution < 1.29 is 14.6 Å². The molecule has 0 fully saturated rings. The molecule has 0 saturated heterocycles. The minimum atomic E-state index is -0.633. The van der Waals surface area contributed by atoms with E-state index in [2.05, 4.69) is 22.1 Å². The van der Waals surface area contributed by atoms with E-state index >= 15 is 0 Å². The molecular formula is C27H32N4O4. The van der Waals surface area contributed by atoms with E-state index in [9.17, 15) is 9.90 Å². The number of aromatic amines is 1. The first-order valence-corrected chi connectivity index (χ1v) is 11.8. The number of fused-ring (bicyclic) bond motifs is 1. The van der Waals surface area contributed by atoms with Crippen molar-refractivity contribution in [1.29, 1.82) is 0 Å². The van der Waals surface area contributed by atoms with E-state index < -0.39 is 6.10 Å². The van der Waals surface area contributed by atoms with Crippen LogP contribution in [0.1, 0.15) is 54.2 Å². The van der Waals surface area contributed by atoms with Crippen LogP contribution in [0, 0.1) is 6.92 Å². The van der Waals surface area contributed by atoms with Gasteiger partial charge in [0.25, 0.3) is 5.56 Å². The number of hydrogen-bond donors (Lipinski definition) is 2. The van der Waals surface area contributed by atoms with Gasteiger partial charge in [0, 0.05) is 12.3 Å². The van der Waals surface area contributed by atoms with Gasteiger partial charge in [-0.2, -0.15) is 5.10 Å². The molecule has 184 valence electrons. The van der Waals surface area contributed by atoms with Crippen LogP contribution in [-0.4, -0.2) is 45.0 Å². The first kappa shape index (κ1) is 24.5. The van der Waals surface area contributed by atoms with Crippen LogP contribution in [0.5, 0.6) is 11.5 Å². The van der Waals surface area contributed by atoms with E-state index in [-0.39, 0.29) is 11.5 Å². The molecule has 0 aliphatic carbocycles. The largest absolute Gasteiger partial charge is 0.493 e. The third-order valence-corrected chi connectivity index (χ3v) is 6.30. The second-order valence-corrected chi connectivity index (χ2v) is 8.81. The summed E-state index contributed by atoms with van der Waals surface area (Å²) in [7, 11) is 3.17. The van der Waals surface area contributed by atoms with Crippen molar-refractivity contribution in [2.24, 2.45) is 0 Å². The molecule has 35 heavy (non-hydrogen) atoms. The van der Waals surface area contributed by atoms with Crippen LogP contribution in [0.15, 0.2) is 53.3 Å². The van der Waals surface area contributed by atoms with Gasteiger partial charge in [0.2, 0.25) is 0 Å². The second-order valence-electron chi connectivity index (χ2n) is 8.81. The Morgan fingerprint density at radius 2 is 1.80 bits per heavy atom. The zero-order valence-corrected chi connectivity index (χ0v) is 20.6. The average Bonchev–Trinajstić information content (AvgIpc) is 3.18. The van der Waals surface area contributed by atoms with Crippen molar-refractivity contribution in [1.82, 2.24) is 19.6 Å². The molecule has 8 heteroatoms. The van der Waals surface area contributed by atoms with Crippen molar-refractivity contribution >= 4 is 5.52 Å². The van der Waals surface area contributed by atoms with Gasteiger partial charge in [0.05, 0.1) is 26.0 Å². The number of nitrogens with zero attached hydrogens (tertiary/aromatic N) is 3. The van der Waals surface area contributed by atoms with Crippen LogP contribution >= 0.6 is 0 Å². The van der Waals surface area contributed by atoms with Gasteiger partial charge < -0.3 is 19.6 Å². The molecule has 0 aliphatic rings. The monoisotopic (exact) mass is 476 g/mol. The van der Waals surface area contributed by atoms with E-state index in [0.717, 1.165) is 24.8 Å². The summed E-state index contributed by atoms with van der Waals surface area (Å²) in [5.41, 5.74) is 2.93. The minimum absolute atomic E-state index is 0.247. The number of aliphatic hydroxyl groups excluding tert-OH is 1. The quantitative estimate of drug-likeness (QED) is 0.361. The van der Waals surface area contributed by atoms with Gasteiger partial charge in [-0.3, -0.25) is 4.79 Å². The van der Waals surface area contributed by atoms with Crippen LogP contribution < -0.4 is 15.0 Å². The van der Waals surface area contributed by atoms with Crippen molar-refractivity contribution in [2.45, 2.75) is 51.6 Å². The highest BCUT2D eigenvalue weighted by atomic mass is 16.5. The molecule has 4 aromatic rings. The number of aliphatic hydroxyl groups is 1. The lowest BCUT2D eigenvalue weighted by Gasteiger charge is -2.18. The van der Waals surface area contributed by atoms with Gasteiger partial charge >= 0.3 is 0 Å². The fourth-order valence-corrected chi connectivity index (χ4v) is 4.50. The fraction of sp³-hybridized carbons (Fsp3) is 0.370. The van der Waals surface area contributed by atoms with Crippen LogP contribution in [-0.2, 0) is 12.8 Å². The number of rotatable bonds is 10. The Morgan fingerprint density at radius 1 is 1.06 bits per heavy atom. The first-order valence-electron chi connectivity index (χ1n) is 11.8. The first-order chi connectivity index (χ1) is 16.9. The Balaban J connectivity index is 1.64. The highest BCUT2D eigenvalue weighted by Crippen LogP contribution is 2.29. The average molecular weight is 477 g/mol. The molecule has 0 amide bonds. The molecule has 2 N–H and O–H groups in total. The van der Waals surface area contributed by atoms with Crippen LogP contribution in [0.3, 0.4) is 0 Å². The Kier molecular flexibility index (Phi) is 7.51. The molecule has 2 aromatic heterocycles. The van der Waals surface area contributed by atoms with E-state index in [1.807, 2.05) is 36.4 Å². The summed E-state index contributed by atoms with van der Waals surface area (Å²) < 4.78 is 12.3. The smallest absolute Gasteiger partial charge is 0.277 e. The Hall–Kier alpha value is -3.65. The van der Waals surface area contributed by atoms with Gasteiger partial charge in [0.1, 0.15) is 11.6 Å². The van der Waals surface area contributed by atoms with E-state index in [1.165, 1.54) is 5.56 Å². The predicted molar refractivity (Wildman–Crippen MR) is 134 cm³/mol. The maximum Gasteiger partial charge on any atom is 0.277 e. The topological polar surface area (TPSA) is 102 Å². The molecule has 0 spiro atoms. The molecule has 0 bridgehead atoms. The van der Waals surface area contributed by atoms with Crippen LogP contribution in [0.2, 0.25) is 0 Å². The van der Waals surface area contributed by atoms with Crippen molar-refractivity contribution in [3.63, 3.8) is 0 Å². The van der Waals surface area contributed by atoms with Gasteiger partial charge in [-0.05, 0) is 56.4 Å². The lowest BCUT2D eigenvalue weighted by Crippen LogP contribution is -2.22. The molecule has 0 aliphatic heterocycles. The van der Waals surface area contributed by atoms with Gasteiger partial charge in [-0.15, -0.1) is 0 Å². The number of nitrogens with one attached hydrogen (secondary N) is 1. The summed E-state index contributed by atoms with van der Waals surface area (Å²) in [6.07, 6.45) is 2.28. The summed E-state index contributed by atoms with van der Waals surface area (Å²) >= 11 is 0. The number of imidazole rings is 1. The number of methoxy groups -OCH3 is 2. The molecule has 8 nitrogen and oxygen atoms in total. The highest BCUT2D eigenvalue weighted by Gasteiger charge is 2.25. The number of benzene rings is 2. The van der Waals surface area contributed by atoms with Gasteiger partial charge in [-0.25, -0.2) is 9.50 Å². The molecule has 4 rings (SSSR count). The fourth-order valence-electron chi connectivity index (χ4n) is 4.50. The number of ether oxygens (including phenoxy) is 2. The number of H-pyrrole nitrogens is 1. The van der Waals surface area contributed by atoms with Crippen molar-refractivity contribution in [2.75, 3.05) is 14.2 Å². The van der Waals surface area contributed by atoms with Crippen LogP contribution in [0.25, 0.3) is 5.52 Å². The molecule has 0 saturated carbocycles. The second kappa shape index (κ2) is 10.7. The normalized spacial score (nSPS) is 13.1. The van der Waals surface area contributed by atoms with Crippen LogP contribution in [0.4, 0.5) is 0 Å². The summed E-state index contributed by atoms with van der Waals surface area (Å²) in [6, 6.07) is 15.9.